The topological polar surface area (TPSA) is 67.9 Å². The molecule has 0 unspecified atom stereocenters. The summed E-state index contributed by atoms with van der Waals surface area (Å²) in [6.45, 7) is 0. The van der Waals surface area contributed by atoms with Gasteiger partial charge in [-0.1, -0.05) is 12.1 Å². The van der Waals surface area contributed by atoms with Gasteiger partial charge in [-0.2, -0.15) is 24.2 Å². The second-order valence-electron chi connectivity index (χ2n) is 4.72. The van der Waals surface area contributed by atoms with Crippen molar-refractivity contribution in [2.45, 2.75) is 0 Å². The van der Waals surface area contributed by atoms with Gasteiger partial charge in [0.2, 0.25) is 34.8 Å². The number of esters is 1. The number of hydrogen-bond acceptors (Lipinski definition) is 4. The molecule has 1 N–H and O–H groups in total. The van der Waals surface area contributed by atoms with E-state index in [0.29, 0.717) is 11.3 Å². The summed E-state index contributed by atoms with van der Waals surface area (Å²) in [4.78, 5) is 12.0. The third-order valence-corrected chi connectivity index (χ3v) is 3.17. The van der Waals surface area contributed by atoms with Gasteiger partial charge in [-0.3, -0.25) is 0 Å². The Kier molecular flexibility index (Phi) is 4.17. The average molecular weight is 355 g/mol. The molecule has 0 fully saturated rings. The number of ether oxygens (including phenoxy) is 1. The van der Waals surface area contributed by atoms with Crippen LogP contribution in [0.5, 0.6) is 5.75 Å². The zero-order chi connectivity index (χ0) is 18.1. The van der Waals surface area contributed by atoms with Gasteiger partial charge in [0.15, 0.2) is 0 Å². The van der Waals surface area contributed by atoms with Crippen LogP contribution in [-0.2, 0) is 0 Å². The van der Waals surface area contributed by atoms with Crippen LogP contribution in [0.4, 0.5) is 22.0 Å². The van der Waals surface area contributed by atoms with E-state index in [4.69, 9.17) is 0 Å². The normalized spacial score (nSPS) is 10.8. The molecule has 0 aliphatic heterocycles. The Hall–Kier alpha value is -3.30. The van der Waals surface area contributed by atoms with Crippen LogP contribution in [-0.4, -0.2) is 21.4 Å². The van der Waals surface area contributed by atoms with Crippen LogP contribution < -0.4 is 4.74 Å². The Morgan fingerprint density at radius 1 is 0.960 bits per heavy atom. The smallest absolute Gasteiger partial charge is 0.343 e. The van der Waals surface area contributed by atoms with Gasteiger partial charge in [0.05, 0.1) is 11.8 Å². The van der Waals surface area contributed by atoms with Crippen molar-refractivity contribution in [3.05, 3.63) is 65.1 Å². The number of H-pyrrole nitrogens is 1. The van der Waals surface area contributed by atoms with Crippen LogP contribution in [0.3, 0.4) is 0 Å². The lowest BCUT2D eigenvalue weighted by Gasteiger charge is -2.09. The monoisotopic (exact) mass is 355 g/mol. The molecule has 3 aromatic rings. The summed E-state index contributed by atoms with van der Waals surface area (Å²) < 4.78 is 70.7. The lowest BCUT2D eigenvalue weighted by atomic mass is 10.1. The van der Waals surface area contributed by atoms with Crippen LogP contribution in [0, 0.1) is 29.1 Å². The molecule has 0 bridgehead atoms. The Labute approximate surface area is 136 Å². The highest BCUT2D eigenvalue weighted by molar-refractivity contribution is 5.92. The maximum Gasteiger partial charge on any atom is 0.343 e. The molecule has 0 saturated carbocycles. The van der Waals surface area contributed by atoms with Crippen LogP contribution >= 0.6 is 0 Å². The molecule has 0 spiro atoms. The molecule has 10 heteroatoms. The van der Waals surface area contributed by atoms with E-state index < -0.39 is 40.8 Å². The van der Waals surface area contributed by atoms with Crippen molar-refractivity contribution in [2.75, 3.05) is 0 Å². The standard InChI is InChI=1S/C15H6F5N3O2/c16-9-10(17)12(19)14(13(20)11(9)18)25-15(24)7-3-1-2-6(4-7)8-5-21-23-22-8/h1-5H,(H,21,22,23). The number of nitrogens with one attached hydrogen (secondary N) is 1. The summed E-state index contributed by atoms with van der Waals surface area (Å²) in [5.41, 5.74) is 0.593. The fraction of sp³-hybridized carbons (Fsp3) is 0. The van der Waals surface area contributed by atoms with Gasteiger partial charge in [-0.05, 0) is 12.1 Å². The molecular weight excluding hydrogens is 349 g/mol. The molecule has 0 amide bonds. The van der Waals surface area contributed by atoms with E-state index in [9.17, 15) is 26.7 Å². The molecule has 2 aromatic carbocycles. The summed E-state index contributed by atoms with van der Waals surface area (Å²) in [5.74, 6) is -14.2. The summed E-state index contributed by atoms with van der Waals surface area (Å²) in [6.07, 6.45) is 1.36. The fourth-order valence-electron chi connectivity index (χ4n) is 1.97. The minimum absolute atomic E-state index is 0.190. The largest absolute Gasteiger partial charge is 0.416 e. The Balaban J connectivity index is 1.95. The van der Waals surface area contributed by atoms with E-state index in [1.807, 2.05) is 0 Å². The molecule has 1 aromatic heterocycles. The van der Waals surface area contributed by atoms with E-state index in [1.165, 1.54) is 24.4 Å². The first-order valence-corrected chi connectivity index (χ1v) is 6.60. The minimum Gasteiger partial charge on any atom is -0.416 e. The van der Waals surface area contributed by atoms with Crippen molar-refractivity contribution in [3.63, 3.8) is 0 Å². The van der Waals surface area contributed by atoms with Crippen LogP contribution in [0.25, 0.3) is 11.3 Å². The lowest BCUT2D eigenvalue weighted by molar-refractivity contribution is 0.0716. The highest BCUT2D eigenvalue weighted by Gasteiger charge is 2.28. The number of halogens is 5. The van der Waals surface area contributed by atoms with Crippen molar-refractivity contribution in [3.8, 4) is 17.0 Å². The number of carbonyl (C=O) groups excluding carboxylic acids is 1. The lowest BCUT2D eigenvalue weighted by Crippen LogP contribution is -2.13. The van der Waals surface area contributed by atoms with E-state index in [-0.39, 0.29) is 5.56 Å². The van der Waals surface area contributed by atoms with Gasteiger partial charge >= 0.3 is 5.97 Å². The van der Waals surface area contributed by atoms with E-state index >= 15 is 0 Å². The SMILES string of the molecule is O=C(Oc1c(F)c(F)c(F)c(F)c1F)c1cccc(-c2cn[nH]n2)c1. The quantitative estimate of drug-likeness (QED) is 0.257. The number of carbonyl (C=O) groups is 1. The van der Waals surface area contributed by atoms with Gasteiger partial charge in [-0.15, -0.1) is 0 Å². The third-order valence-electron chi connectivity index (χ3n) is 3.17. The summed E-state index contributed by atoms with van der Waals surface area (Å²) >= 11 is 0. The third kappa shape index (κ3) is 2.93. The number of rotatable bonds is 3. The van der Waals surface area contributed by atoms with Crippen LogP contribution in [0.1, 0.15) is 10.4 Å². The van der Waals surface area contributed by atoms with Crippen LogP contribution in [0.15, 0.2) is 30.5 Å². The zero-order valence-corrected chi connectivity index (χ0v) is 12.0. The molecule has 3 rings (SSSR count). The predicted molar refractivity (Wildman–Crippen MR) is 73.0 cm³/mol. The van der Waals surface area contributed by atoms with Gasteiger partial charge in [0.25, 0.3) is 0 Å². The summed E-state index contributed by atoms with van der Waals surface area (Å²) in [7, 11) is 0. The number of benzene rings is 2. The first-order chi connectivity index (χ1) is 11.9. The molecule has 1 heterocycles. The van der Waals surface area contributed by atoms with Gasteiger partial charge in [-0.25, -0.2) is 18.0 Å². The Morgan fingerprint density at radius 3 is 2.20 bits per heavy atom. The minimum atomic E-state index is -2.34. The van der Waals surface area contributed by atoms with Gasteiger partial charge in [0, 0.05) is 5.56 Å². The van der Waals surface area contributed by atoms with Gasteiger partial charge < -0.3 is 4.74 Å². The van der Waals surface area contributed by atoms with Crippen molar-refractivity contribution in [1.82, 2.24) is 15.4 Å². The van der Waals surface area contributed by atoms with Crippen molar-refractivity contribution in [2.24, 2.45) is 0 Å². The fourth-order valence-corrected chi connectivity index (χ4v) is 1.97. The molecule has 0 aliphatic carbocycles. The number of hydrogen-bond donors (Lipinski definition) is 1. The zero-order valence-electron chi connectivity index (χ0n) is 12.0. The number of aromatic amines is 1. The van der Waals surface area contributed by atoms with Crippen molar-refractivity contribution in [1.29, 1.82) is 0 Å². The first-order valence-electron chi connectivity index (χ1n) is 6.60. The Bertz CT molecular complexity index is 931. The van der Waals surface area contributed by atoms with Gasteiger partial charge in [0.1, 0.15) is 5.69 Å². The Morgan fingerprint density at radius 2 is 1.60 bits per heavy atom. The second kappa shape index (κ2) is 6.30. The molecule has 5 nitrogen and oxygen atoms in total. The van der Waals surface area contributed by atoms with Crippen molar-refractivity contribution >= 4 is 5.97 Å². The van der Waals surface area contributed by atoms with Crippen molar-refractivity contribution < 1.29 is 31.5 Å². The molecule has 0 aliphatic rings. The molecule has 0 radical (unpaired) electrons. The van der Waals surface area contributed by atoms with E-state index in [1.54, 1.807) is 6.07 Å². The molecule has 25 heavy (non-hydrogen) atoms. The molecule has 0 saturated heterocycles. The predicted octanol–water partition coefficient (Wildman–Crippen LogP) is 3.39. The molecular formula is C15H6F5N3O2. The molecule has 128 valence electrons. The first kappa shape index (κ1) is 16.6. The van der Waals surface area contributed by atoms with E-state index in [2.05, 4.69) is 20.1 Å². The maximum absolute atomic E-state index is 13.6. The molecule has 0 atom stereocenters. The highest BCUT2D eigenvalue weighted by atomic mass is 19.2. The highest BCUT2D eigenvalue weighted by Crippen LogP contribution is 2.30. The van der Waals surface area contributed by atoms with E-state index in [0.717, 1.165) is 0 Å². The average Bonchev–Trinajstić information content (AvgIpc) is 3.16. The van der Waals surface area contributed by atoms with Crippen LogP contribution in [0.2, 0.25) is 0 Å². The summed E-state index contributed by atoms with van der Waals surface area (Å²) in [6, 6.07) is 5.47. The summed E-state index contributed by atoms with van der Waals surface area (Å²) in [5, 5.41) is 9.72. The number of nitrogens with zero attached hydrogens (tertiary/aromatic N) is 2. The number of aromatic nitrogens is 3. The maximum atomic E-state index is 13.6. The second-order valence-corrected chi connectivity index (χ2v) is 4.72.